The lowest BCUT2D eigenvalue weighted by Crippen LogP contribution is -2.48. The van der Waals surface area contributed by atoms with Crippen molar-refractivity contribution in [2.75, 3.05) is 32.7 Å². The van der Waals surface area contributed by atoms with Gasteiger partial charge in [0.1, 0.15) is 4.90 Å². The lowest BCUT2D eigenvalue weighted by molar-refractivity contribution is 0.204. The van der Waals surface area contributed by atoms with E-state index in [1.807, 2.05) is 18.2 Å². The third kappa shape index (κ3) is 4.67. The maximum absolute atomic E-state index is 12.8. The van der Waals surface area contributed by atoms with Gasteiger partial charge in [0, 0.05) is 37.7 Å². The van der Waals surface area contributed by atoms with E-state index in [9.17, 15) is 8.42 Å². The standard InChI is InChI=1S/C19H20Cl2N2O2S/c20-17-8-9-18(21)19(15-17)26(24,25)23-13-11-22(12-14-23)10-4-7-16-5-2-1-3-6-16/h1-9,15H,10-14H2/b7-4+. The molecule has 0 spiro atoms. The van der Waals surface area contributed by atoms with Crippen molar-refractivity contribution in [1.29, 1.82) is 0 Å². The van der Waals surface area contributed by atoms with Gasteiger partial charge in [0.25, 0.3) is 0 Å². The maximum atomic E-state index is 12.8. The Morgan fingerprint density at radius 3 is 2.35 bits per heavy atom. The molecule has 1 heterocycles. The monoisotopic (exact) mass is 410 g/mol. The van der Waals surface area contributed by atoms with Crippen molar-refractivity contribution in [3.05, 3.63) is 70.2 Å². The van der Waals surface area contributed by atoms with Crippen LogP contribution in [0.4, 0.5) is 0 Å². The second kappa shape index (κ2) is 8.55. The summed E-state index contributed by atoms with van der Waals surface area (Å²) in [6, 6.07) is 14.6. The normalized spacial score (nSPS) is 17.0. The smallest absolute Gasteiger partial charge is 0.244 e. The van der Waals surface area contributed by atoms with Crippen LogP contribution < -0.4 is 0 Å². The summed E-state index contributed by atoms with van der Waals surface area (Å²) in [4.78, 5) is 2.30. The van der Waals surface area contributed by atoms with E-state index in [0.717, 1.165) is 12.1 Å². The molecule has 2 aromatic carbocycles. The highest BCUT2D eigenvalue weighted by atomic mass is 35.5. The third-order valence-corrected chi connectivity index (χ3v) is 6.93. The fourth-order valence-corrected chi connectivity index (χ4v) is 5.03. The zero-order valence-electron chi connectivity index (χ0n) is 14.2. The molecule has 26 heavy (non-hydrogen) atoms. The summed E-state index contributed by atoms with van der Waals surface area (Å²) in [5.74, 6) is 0. The first kappa shape index (κ1) is 19.4. The molecule has 1 aliphatic heterocycles. The van der Waals surface area contributed by atoms with Crippen molar-refractivity contribution < 1.29 is 8.42 Å². The Morgan fingerprint density at radius 2 is 1.65 bits per heavy atom. The van der Waals surface area contributed by atoms with Gasteiger partial charge in [-0.25, -0.2) is 8.42 Å². The molecule has 4 nitrogen and oxygen atoms in total. The minimum absolute atomic E-state index is 0.0732. The Labute approximate surface area is 164 Å². The molecule has 0 bridgehead atoms. The highest BCUT2D eigenvalue weighted by Crippen LogP contribution is 2.28. The van der Waals surface area contributed by atoms with Crippen molar-refractivity contribution in [3.63, 3.8) is 0 Å². The molecule has 0 amide bonds. The molecule has 0 saturated carbocycles. The summed E-state index contributed by atoms with van der Waals surface area (Å²) >= 11 is 12.0. The van der Waals surface area contributed by atoms with Gasteiger partial charge in [-0.3, -0.25) is 4.90 Å². The van der Waals surface area contributed by atoms with Gasteiger partial charge in [-0.1, -0.05) is 65.7 Å². The van der Waals surface area contributed by atoms with Gasteiger partial charge in [0.15, 0.2) is 0 Å². The van der Waals surface area contributed by atoms with Crippen LogP contribution >= 0.6 is 23.2 Å². The fraction of sp³-hybridized carbons (Fsp3) is 0.263. The van der Waals surface area contributed by atoms with Gasteiger partial charge in [0.2, 0.25) is 10.0 Å². The predicted molar refractivity (Wildman–Crippen MR) is 107 cm³/mol. The van der Waals surface area contributed by atoms with E-state index in [1.165, 1.54) is 16.4 Å². The summed E-state index contributed by atoms with van der Waals surface area (Å²) < 4.78 is 27.1. The molecule has 0 atom stereocenters. The number of halogens is 2. The van der Waals surface area contributed by atoms with Crippen LogP contribution in [0, 0.1) is 0 Å². The molecule has 1 saturated heterocycles. The summed E-state index contributed by atoms with van der Waals surface area (Å²) in [5.41, 5.74) is 1.16. The number of rotatable bonds is 5. The average Bonchev–Trinajstić information content (AvgIpc) is 2.65. The summed E-state index contributed by atoms with van der Waals surface area (Å²) in [6.07, 6.45) is 4.18. The number of nitrogens with zero attached hydrogens (tertiary/aromatic N) is 2. The van der Waals surface area contributed by atoms with Crippen LogP contribution in [0.25, 0.3) is 6.08 Å². The van der Waals surface area contributed by atoms with Gasteiger partial charge >= 0.3 is 0 Å². The second-order valence-electron chi connectivity index (χ2n) is 6.09. The van der Waals surface area contributed by atoms with Crippen LogP contribution in [0.15, 0.2) is 59.5 Å². The zero-order valence-corrected chi connectivity index (χ0v) is 16.5. The van der Waals surface area contributed by atoms with Crippen molar-refractivity contribution in [2.24, 2.45) is 0 Å². The predicted octanol–water partition coefficient (Wildman–Crippen LogP) is 4.01. The highest BCUT2D eigenvalue weighted by Gasteiger charge is 2.29. The first-order valence-electron chi connectivity index (χ1n) is 8.36. The molecule has 0 N–H and O–H groups in total. The molecular formula is C19H20Cl2N2O2S. The average molecular weight is 411 g/mol. The van der Waals surface area contributed by atoms with Crippen LogP contribution in [0.2, 0.25) is 10.0 Å². The van der Waals surface area contributed by atoms with Crippen LogP contribution in [0.5, 0.6) is 0 Å². The molecule has 0 aromatic heterocycles. The molecule has 0 aliphatic carbocycles. The fourth-order valence-electron chi connectivity index (χ4n) is 2.87. The van der Waals surface area contributed by atoms with Gasteiger partial charge in [0.05, 0.1) is 5.02 Å². The van der Waals surface area contributed by atoms with E-state index < -0.39 is 10.0 Å². The Kier molecular flexibility index (Phi) is 6.37. The molecule has 1 fully saturated rings. The summed E-state index contributed by atoms with van der Waals surface area (Å²) in [7, 11) is -3.63. The van der Waals surface area contributed by atoms with E-state index in [-0.39, 0.29) is 9.92 Å². The topological polar surface area (TPSA) is 40.6 Å². The molecule has 3 rings (SSSR count). The highest BCUT2D eigenvalue weighted by molar-refractivity contribution is 7.89. The van der Waals surface area contributed by atoms with Gasteiger partial charge in [-0.05, 0) is 23.8 Å². The van der Waals surface area contributed by atoms with Crippen molar-refractivity contribution in [1.82, 2.24) is 9.21 Å². The molecule has 0 unspecified atom stereocenters. The van der Waals surface area contributed by atoms with Crippen molar-refractivity contribution in [2.45, 2.75) is 4.90 Å². The Balaban J connectivity index is 1.59. The van der Waals surface area contributed by atoms with Crippen LogP contribution in [0.3, 0.4) is 0 Å². The van der Waals surface area contributed by atoms with Crippen molar-refractivity contribution >= 4 is 39.3 Å². The minimum Gasteiger partial charge on any atom is -0.297 e. The number of piperazine rings is 1. The quantitative estimate of drug-likeness (QED) is 0.747. The van der Waals surface area contributed by atoms with Gasteiger partial charge < -0.3 is 0 Å². The lowest BCUT2D eigenvalue weighted by atomic mass is 10.2. The SMILES string of the molecule is O=S(=O)(c1cc(Cl)ccc1Cl)N1CCN(C/C=C/c2ccccc2)CC1. The van der Waals surface area contributed by atoms with E-state index in [1.54, 1.807) is 6.07 Å². The minimum atomic E-state index is -3.63. The Morgan fingerprint density at radius 1 is 0.962 bits per heavy atom. The number of hydrogen-bond donors (Lipinski definition) is 0. The van der Waals surface area contributed by atoms with E-state index in [2.05, 4.69) is 29.2 Å². The zero-order chi connectivity index (χ0) is 18.6. The van der Waals surface area contributed by atoms with E-state index >= 15 is 0 Å². The van der Waals surface area contributed by atoms with Crippen LogP contribution in [-0.2, 0) is 10.0 Å². The van der Waals surface area contributed by atoms with Crippen LogP contribution in [-0.4, -0.2) is 50.3 Å². The largest absolute Gasteiger partial charge is 0.297 e. The molecule has 1 aliphatic rings. The third-order valence-electron chi connectivity index (χ3n) is 4.32. The van der Waals surface area contributed by atoms with Gasteiger partial charge in [-0.15, -0.1) is 0 Å². The lowest BCUT2D eigenvalue weighted by Gasteiger charge is -2.33. The Bertz CT molecular complexity index is 878. The maximum Gasteiger partial charge on any atom is 0.244 e. The molecule has 7 heteroatoms. The number of sulfonamides is 1. The summed E-state index contributed by atoms with van der Waals surface area (Å²) in [6.45, 7) is 3.02. The van der Waals surface area contributed by atoms with Gasteiger partial charge in [-0.2, -0.15) is 4.31 Å². The summed E-state index contributed by atoms with van der Waals surface area (Å²) in [5, 5.41) is 0.556. The molecule has 0 radical (unpaired) electrons. The van der Waals surface area contributed by atoms with E-state index in [4.69, 9.17) is 23.2 Å². The number of benzene rings is 2. The Hall–Kier alpha value is -1.37. The molecular weight excluding hydrogens is 391 g/mol. The second-order valence-corrected chi connectivity index (χ2v) is 8.84. The first-order valence-corrected chi connectivity index (χ1v) is 10.6. The van der Waals surface area contributed by atoms with E-state index in [0.29, 0.717) is 31.2 Å². The number of hydrogen-bond acceptors (Lipinski definition) is 3. The molecule has 2 aromatic rings. The van der Waals surface area contributed by atoms with Crippen molar-refractivity contribution in [3.8, 4) is 0 Å². The first-order chi connectivity index (χ1) is 12.5. The molecule has 138 valence electrons. The van der Waals surface area contributed by atoms with Crippen LogP contribution in [0.1, 0.15) is 5.56 Å².